The van der Waals surface area contributed by atoms with Crippen molar-refractivity contribution in [3.63, 3.8) is 0 Å². The summed E-state index contributed by atoms with van der Waals surface area (Å²) >= 11 is 0. The van der Waals surface area contributed by atoms with Crippen LogP contribution in [0.4, 0.5) is 23.4 Å². The molecular weight excluding hydrogens is 378 g/mol. The Morgan fingerprint density at radius 1 is 1.11 bits per heavy atom. The van der Waals surface area contributed by atoms with Gasteiger partial charge in [0.15, 0.2) is 0 Å². The molecule has 0 amide bonds. The normalized spacial score (nSPS) is 21.9. The first-order valence-corrected chi connectivity index (χ1v) is 9.28. The van der Waals surface area contributed by atoms with Gasteiger partial charge < -0.3 is 10.1 Å². The summed E-state index contributed by atoms with van der Waals surface area (Å²) in [6.07, 6.45) is 0.635. The molecule has 0 spiro atoms. The molecule has 0 aliphatic heterocycles. The Labute approximate surface area is 159 Å². The van der Waals surface area contributed by atoms with E-state index in [0.29, 0.717) is 18.7 Å². The van der Waals surface area contributed by atoms with E-state index >= 15 is 0 Å². The molecule has 2 aromatic rings. The van der Waals surface area contributed by atoms with Gasteiger partial charge in [-0.05, 0) is 25.8 Å². The summed E-state index contributed by atoms with van der Waals surface area (Å²) in [7, 11) is 0. The number of rotatable bonds is 5. The largest absolute Gasteiger partial charge is 0.474 e. The SMILES string of the molecule is Cc1ccn(-c2nc(NC3CCC(F)(F)CC3)cc(OC3CC(F)(F)C3)n2)n1. The summed E-state index contributed by atoms with van der Waals surface area (Å²) in [6.45, 7) is 1.81. The number of anilines is 1. The average Bonchev–Trinajstić information content (AvgIpc) is 3.02. The van der Waals surface area contributed by atoms with Crippen molar-refractivity contribution in [2.75, 3.05) is 5.32 Å². The minimum atomic E-state index is -2.70. The number of hydrogen-bond acceptors (Lipinski definition) is 5. The van der Waals surface area contributed by atoms with E-state index in [1.54, 1.807) is 12.3 Å². The Bertz CT molecular complexity index is 838. The minimum absolute atomic E-state index is 0.150. The Hall–Kier alpha value is -2.39. The molecule has 10 heteroatoms. The van der Waals surface area contributed by atoms with E-state index in [1.165, 1.54) is 10.7 Å². The van der Waals surface area contributed by atoms with Crippen molar-refractivity contribution in [2.24, 2.45) is 0 Å². The van der Waals surface area contributed by atoms with Gasteiger partial charge in [-0.1, -0.05) is 0 Å². The third-order valence-corrected chi connectivity index (χ3v) is 5.03. The summed E-state index contributed by atoms with van der Waals surface area (Å²) in [6, 6.07) is 3.14. The zero-order valence-electron chi connectivity index (χ0n) is 15.3. The van der Waals surface area contributed by atoms with Crippen molar-refractivity contribution in [1.82, 2.24) is 19.7 Å². The summed E-state index contributed by atoms with van der Waals surface area (Å²) in [5, 5.41) is 7.40. The number of halogens is 4. The molecule has 2 saturated carbocycles. The van der Waals surface area contributed by atoms with Crippen LogP contribution in [-0.4, -0.2) is 43.7 Å². The van der Waals surface area contributed by atoms with Crippen LogP contribution < -0.4 is 10.1 Å². The van der Waals surface area contributed by atoms with Crippen molar-refractivity contribution in [1.29, 1.82) is 0 Å². The Morgan fingerprint density at radius 2 is 1.82 bits per heavy atom. The minimum Gasteiger partial charge on any atom is -0.474 e. The van der Waals surface area contributed by atoms with Crippen LogP contribution in [0.3, 0.4) is 0 Å². The molecule has 2 aliphatic rings. The molecule has 2 heterocycles. The van der Waals surface area contributed by atoms with Crippen molar-refractivity contribution in [2.45, 2.75) is 69.4 Å². The monoisotopic (exact) mass is 399 g/mol. The molecule has 0 atom stereocenters. The van der Waals surface area contributed by atoms with Crippen LogP contribution in [-0.2, 0) is 0 Å². The molecule has 2 aliphatic carbocycles. The highest BCUT2D eigenvalue weighted by atomic mass is 19.3. The predicted molar refractivity (Wildman–Crippen MR) is 93.3 cm³/mol. The number of aromatic nitrogens is 4. The molecule has 28 heavy (non-hydrogen) atoms. The molecule has 6 nitrogen and oxygen atoms in total. The number of ether oxygens (including phenoxy) is 1. The lowest BCUT2D eigenvalue weighted by atomic mass is 9.91. The second kappa shape index (κ2) is 6.89. The van der Waals surface area contributed by atoms with Gasteiger partial charge in [0, 0.05) is 44.0 Å². The highest BCUT2D eigenvalue weighted by Crippen LogP contribution is 2.40. The highest BCUT2D eigenvalue weighted by Gasteiger charge is 2.47. The first-order chi connectivity index (χ1) is 13.2. The molecule has 0 saturated heterocycles. The second-order valence-electron chi connectivity index (χ2n) is 7.57. The maximum absolute atomic E-state index is 13.4. The lowest BCUT2D eigenvalue weighted by Gasteiger charge is -2.34. The van der Waals surface area contributed by atoms with Gasteiger partial charge in [0.1, 0.15) is 11.9 Å². The van der Waals surface area contributed by atoms with E-state index in [9.17, 15) is 17.6 Å². The average molecular weight is 399 g/mol. The van der Waals surface area contributed by atoms with Gasteiger partial charge in [0.25, 0.3) is 11.9 Å². The van der Waals surface area contributed by atoms with Crippen LogP contribution in [0, 0.1) is 6.92 Å². The lowest BCUT2D eigenvalue weighted by Crippen LogP contribution is -2.43. The van der Waals surface area contributed by atoms with Crippen LogP contribution in [0.5, 0.6) is 5.88 Å². The summed E-state index contributed by atoms with van der Waals surface area (Å²) in [5.41, 5.74) is 0.762. The molecule has 0 radical (unpaired) electrons. The summed E-state index contributed by atoms with van der Waals surface area (Å²) in [4.78, 5) is 8.65. The van der Waals surface area contributed by atoms with Crippen molar-refractivity contribution in [3.05, 3.63) is 24.0 Å². The zero-order chi connectivity index (χ0) is 19.9. The number of aryl methyl sites for hydroxylation is 1. The van der Waals surface area contributed by atoms with Gasteiger partial charge in [-0.2, -0.15) is 15.1 Å². The first-order valence-electron chi connectivity index (χ1n) is 9.28. The van der Waals surface area contributed by atoms with Gasteiger partial charge in [-0.15, -0.1) is 0 Å². The molecule has 152 valence electrons. The maximum Gasteiger partial charge on any atom is 0.255 e. The molecule has 0 aromatic carbocycles. The highest BCUT2D eigenvalue weighted by molar-refractivity contribution is 5.42. The fraction of sp³-hybridized carbons (Fsp3) is 0.611. The molecule has 4 rings (SSSR count). The topological polar surface area (TPSA) is 64.9 Å². The quantitative estimate of drug-likeness (QED) is 0.766. The van der Waals surface area contributed by atoms with E-state index < -0.39 is 17.9 Å². The first kappa shape index (κ1) is 18.9. The molecule has 0 bridgehead atoms. The zero-order valence-corrected chi connectivity index (χ0v) is 15.3. The third-order valence-electron chi connectivity index (χ3n) is 5.03. The summed E-state index contributed by atoms with van der Waals surface area (Å²) in [5.74, 6) is -4.55. The number of nitrogens with zero attached hydrogens (tertiary/aromatic N) is 4. The second-order valence-corrected chi connectivity index (χ2v) is 7.57. The third kappa shape index (κ3) is 4.36. The van der Waals surface area contributed by atoms with E-state index in [0.717, 1.165) is 5.69 Å². The Kier molecular flexibility index (Phi) is 4.67. The molecule has 1 N–H and O–H groups in total. The van der Waals surface area contributed by atoms with Crippen LogP contribution in [0.25, 0.3) is 5.95 Å². The van der Waals surface area contributed by atoms with Crippen LogP contribution in [0.1, 0.15) is 44.2 Å². The van der Waals surface area contributed by atoms with E-state index in [4.69, 9.17) is 4.74 Å². The molecule has 2 fully saturated rings. The number of nitrogens with one attached hydrogen (secondary N) is 1. The molecular formula is C18H21F4N5O. The smallest absolute Gasteiger partial charge is 0.255 e. The van der Waals surface area contributed by atoms with Crippen molar-refractivity contribution < 1.29 is 22.3 Å². The lowest BCUT2D eigenvalue weighted by molar-refractivity contribution is -0.135. The van der Waals surface area contributed by atoms with Crippen molar-refractivity contribution in [3.8, 4) is 11.8 Å². The fourth-order valence-electron chi connectivity index (χ4n) is 3.43. The van der Waals surface area contributed by atoms with Gasteiger partial charge in [0.05, 0.1) is 5.69 Å². The Balaban J connectivity index is 1.53. The van der Waals surface area contributed by atoms with Crippen LogP contribution in [0.2, 0.25) is 0 Å². The van der Waals surface area contributed by atoms with Crippen molar-refractivity contribution >= 4 is 5.82 Å². The predicted octanol–water partition coefficient (Wildman–Crippen LogP) is 4.14. The fourth-order valence-corrected chi connectivity index (χ4v) is 3.43. The standard InChI is InChI=1S/C18H21F4N5O/c1-11-4-7-27(26-11)16-24-14(23-12-2-5-17(19,20)6-3-12)8-15(25-16)28-13-9-18(21,22)10-13/h4,7-8,12-13H,2-3,5-6,9-10H2,1H3,(H,23,24,25). The van der Waals surface area contributed by atoms with E-state index in [1.807, 2.05) is 6.92 Å². The van der Waals surface area contributed by atoms with Gasteiger partial charge >= 0.3 is 0 Å². The van der Waals surface area contributed by atoms with Gasteiger partial charge in [-0.3, -0.25) is 0 Å². The molecule has 0 unspecified atom stereocenters. The van der Waals surface area contributed by atoms with Crippen LogP contribution in [0.15, 0.2) is 18.3 Å². The van der Waals surface area contributed by atoms with Gasteiger partial charge in [-0.25, -0.2) is 22.2 Å². The van der Waals surface area contributed by atoms with E-state index in [2.05, 4.69) is 20.4 Å². The summed E-state index contributed by atoms with van der Waals surface area (Å²) < 4.78 is 60.0. The van der Waals surface area contributed by atoms with E-state index in [-0.39, 0.29) is 43.6 Å². The maximum atomic E-state index is 13.4. The van der Waals surface area contributed by atoms with Crippen LogP contribution >= 0.6 is 0 Å². The number of alkyl halides is 4. The molecule has 2 aromatic heterocycles. The number of hydrogen-bond donors (Lipinski definition) is 1. The Morgan fingerprint density at radius 3 is 2.43 bits per heavy atom. The van der Waals surface area contributed by atoms with Gasteiger partial charge in [0.2, 0.25) is 11.8 Å².